The van der Waals surface area contributed by atoms with E-state index in [2.05, 4.69) is 10.3 Å². The molecule has 102 valence electrons. The molecule has 0 saturated heterocycles. The number of nitrogen functional groups attached to an aromatic ring is 1. The van der Waals surface area contributed by atoms with Crippen LogP contribution in [0.25, 0.3) is 0 Å². The highest BCUT2D eigenvalue weighted by molar-refractivity contribution is 7.10. The van der Waals surface area contributed by atoms with Gasteiger partial charge in [0, 0.05) is 23.7 Å². The first-order valence-corrected chi connectivity index (χ1v) is 6.81. The predicted molar refractivity (Wildman–Crippen MR) is 77.7 cm³/mol. The van der Waals surface area contributed by atoms with Crippen LogP contribution in [0.5, 0.6) is 5.88 Å². The van der Waals surface area contributed by atoms with Gasteiger partial charge in [-0.3, -0.25) is 0 Å². The average molecular weight is 279 g/mol. The van der Waals surface area contributed by atoms with Crippen LogP contribution in [0.4, 0.5) is 11.4 Å². The molecule has 0 unspecified atom stereocenters. The molecular formula is C13H17N3O2S. The minimum Gasteiger partial charge on any atom is -0.475 e. The van der Waals surface area contributed by atoms with Gasteiger partial charge in [0.15, 0.2) is 0 Å². The Balaban J connectivity index is 1.83. The van der Waals surface area contributed by atoms with E-state index in [4.69, 9.17) is 15.2 Å². The van der Waals surface area contributed by atoms with Crippen molar-refractivity contribution >= 4 is 22.7 Å². The zero-order chi connectivity index (χ0) is 13.5. The maximum absolute atomic E-state index is 5.82. The Bertz CT molecular complexity index is 499. The minimum atomic E-state index is 0.502. The van der Waals surface area contributed by atoms with Crippen LogP contribution in [0, 0.1) is 0 Å². The molecule has 0 aromatic carbocycles. The van der Waals surface area contributed by atoms with Crippen molar-refractivity contribution in [1.82, 2.24) is 4.98 Å². The molecule has 2 aromatic rings. The van der Waals surface area contributed by atoms with E-state index in [1.807, 2.05) is 23.6 Å². The lowest BCUT2D eigenvalue weighted by Crippen LogP contribution is -2.05. The van der Waals surface area contributed by atoms with E-state index in [1.54, 1.807) is 24.6 Å². The first-order chi connectivity index (χ1) is 9.29. The predicted octanol–water partition coefficient (Wildman–Crippen LogP) is 2.36. The Morgan fingerprint density at radius 3 is 2.84 bits per heavy atom. The monoisotopic (exact) mass is 279 g/mol. The van der Waals surface area contributed by atoms with Crippen molar-refractivity contribution < 1.29 is 9.47 Å². The molecule has 0 bridgehead atoms. The van der Waals surface area contributed by atoms with Crippen molar-refractivity contribution in [2.45, 2.75) is 6.54 Å². The van der Waals surface area contributed by atoms with Gasteiger partial charge in [0.1, 0.15) is 6.61 Å². The van der Waals surface area contributed by atoms with Gasteiger partial charge in [0.05, 0.1) is 25.0 Å². The summed E-state index contributed by atoms with van der Waals surface area (Å²) in [6, 6.07) is 5.67. The highest BCUT2D eigenvalue weighted by atomic mass is 32.1. The second-order valence-electron chi connectivity index (χ2n) is 3.88. The number of nitrogens with two attached hydrogens (primary N) is 1. The summed E-state index contributed by atoms with van der Waals surface area (Å²) >= 11 is 1.64. The van der Waals surface area contributed by atoms with Crippen molar-refractivity contribution in [2.24, 2.45) is 0 Å². The summed E-state index contributed by atoms with van der Waals surface area (Å²) in [6.07, 6.45) is 1.74. The third kappa shape index (κ3) is 4.11. The number of anilines is 2. The number of nitrogens with zero attached hydrogens (tertiary/aromatic N) is 1. The van der Waals surface area contributed by atoms with Crippen LogP contribution in [0.1, 0.15) is 4.88 Å². The van der Waals surface area contributed by atoms with E-state index in [0.717, 1.165) is 16.3 Å². The fourth-order valence-electron chi connectivity index (χ4n) is 1.48. The van der Waals surface area contributed by atoms with Gasteiger partial charge in [0.2, 0.25) is 5.88 Å². The highest BCUT2D eigenvalue weighted by Crippen LogP contribution is 2.20. The number of rotatable bonds is 7. The van der Waals surface area contributed by atoms with Crippen molar-refractivity contribution in [2.75, 3.05) is 31.4 Å². The Labute approximate surface area is 116 Å². The smallest absolute Gasteiger partial charge is 0.213 e. The summed E-state index contributed by atoms with van der Waals surface area (Å²) in [5.41, 5.74) is 7.58. The first kappa shape index (κ1) is 13.6. The Kier molecular flexibility index (Phi) is 5.00. The molecule has 19 heavy (non-hydrogen) atoms. The van der Waals surface area contributed by atoms with Crippen LogP contribution in [-0.4, -0.2) is 25.3 Å². The van der Waals surface area contributed by atoms with Crippen LogP contribution < -0.4 is 15.8 Å². The zero-order valence-electron chi connectivity index (χ0n) is 10.8. The SMILES string of the molecule is COCCOc1ccc(NCc2sccc2N)cn1. The molecule has 6 heteroatoms. The van der Waals surface area contributed by atoms with Crippen LogP contribution in [0.15, 0.2) is 29.8 Å². The van der Waals surface area contributed by atoms with Crippen LogP contribution in [0.2, 0.25) is 0 Å². The lowest BCUT2D eigenvalue weighted by molar-refractivity contribution is 0.144. The molecule has 0 atom stereocenters. The lowest BCUT2D eigenvalue weighted by atomic mass is 10.3. The summed E-state index contributed by atoms with van der Waals surface area (Å²) in [4.78, 5) is 5.33. The van der Waals surface area contributed by atoms with E-state index in [1.165, 1.54) is 0 Å². The molecule has 0 aliphatic heterocycles. The number of methoxy groups -OCH3 is 1. The molecule has 2 heterocycles. The number of pyridine rings is 1. The van der Waals surface area contributed by atoms with E-state index in [9.17, 15) is 0 Å². The Morgan fingerprint density at radius 1 is 1.32 bits per heavy atom. The molecule has 2 rings (SSSR count). The number of nitrogens with one attached hydrogen (secondary N) is 1. The topological polar surface area (TPSA) is 69.4 Å². The number of hydrogen-bond donors (Lipinski definition) is 2. The molecule has 2 aromatic heterocycles. The largest absolute Gasteiger partial charge is 0.475 e. The van der Waals surface area contributed by atoms with Gasteiger partial charge in [-0.05, 0) is 17.5 Å². The summed E-state index contributed by atoms with van der Waals surface area (Å²) < 4.78 is 10.3. The van der Waals surface area contributed by atoms with Gasteiger partial charge in [-0.15, -0.1) is 11.3 Å². The van der Waals surface area contributed by atoms with Gasteiger partial charge in [0.25, 0.3) is 0 Å². The molecule has 0 radical (unpaired) electrons. The molecule has 0 aliphatic carbocycles. The Morgan fingerprint density at radius 2 is 2.21 bits per heavy atom. The highest BCUT2D eigenvalue weighted by Gasteiger charge is 2.01. The summed E-state index contributed by atoms with van der Waals surface area (Å²) in [6.45, 7) is 1.76. The van der Waals surface area contributed by atoms with Crippen LogP contribution in [0.3, 0.4) is 0 Å². The van der Waals surface area contributed by atoms with Crippen molar-refractivity contribution in [3.63, 3.8) is 0 Å². The second kappa shape index (κ2) is 6.96. The first-order valence-electron chi connectivity index (χ1n) is 5.93. The van der Waals surface area contributed by atoms with Crippen LogP contribution in [-0.2, 0) is 11.3 Å². The normalized spacial score (nSPS) is 10.4. The zero-order valence-corrected chi connectivity index (χ0v) is 11.6. The van der Waals surface area contributed by atoms with Gasteiger partial charge < -0.3 is 20.5 Å². The van der Waals surface area contributed by atoms with E-state index < -0.39 is 0 Å². The van der Waals surface area contributed by atoms with Gasteiger partial charge in [-0.25, -0.2) is 4.98 Å². The summed E-state index contributed by atoms with van der Waals surface area (Å²) in [5.74, 6) is 0.596. The standard InChI is InChI=1S/C13H17N3O2S/c1-17-5-6-18-13-3-2-10(8-16-13)15-9-12-11(14)4-7-19-12/h2-4,7-8,15H,5-6,9,14H2,1H3. The molecule has 0 spiro atoms. The molecular weight excluding hydrogens is 262 g/mol. The average Bonchev–Trinajstić information content (AvgIpc) is 2.84. The fourth-order valence-corrected chi connectivity index (χ4v) is 2.21. The number of hydrogen-bond acceptors (Lipinski definition) is 6. The maximum atomic E-state index is 5.82. The molecule has 3 N–H and O–H groups in total. The molecule has 0 aliphatic rings. The third-order valence-corrected chi connectivity index (χ3v) is 3.44. The van der Waals surface area contributed by atoms with Gasteiger partial charge in [-0.2, -0.15) is 0 Å². The van der Waals surface area contributed by atoms with Crippen molar-refractivity contribution in [3.05, 3.63) is 34.7 Å². The fraction of sp³-hybridized carbons (Fsp3) is 0.308. The number of aromatic nitrogens is 1. The summed E-state index contributed by atoms with van der Waals surface area (Å²) in [7, 11) is 1.64. The molecule has 0 amide bonds. The van der Waals surface area contributed by atoms with Gasteiger partial charge >= 0.3 is 0 Å². The molecule has 5 nitrogen and oxygen atoms in total. The molecule has 0 saturated carbocycles. The summed E-state index contributed by atoms with van der Waals surface area (Å²) in [5, 5.41) is 5.25. The number of ether oxygens (including phenoxy) is 2. The van der Waals surface area contributed by atoms with Crippen molar-refractivity contribution in [1.29, 1.82) is 0 Å². The van der Waals surface area contributed by atoms with E-state index >= 15 is 0 Å². The quantitative estimate of drug-likeness (QED) is 0.761. The van der Waals surface area contributed by atoms with Gasteiger partial charge in [-0.1, -0.05) is 0 Å². The Hall–Kier alpha value is -1.79. The second-order valence-corrected chi connectivity index (χ2v) is 4.88. The van der Waals surface area contributed by atoms with E-state index in [0.29, 0.717) is 25.6 Å². The minimum absolute atomic E-state index is 0.502. The lowest BCUT2D eigenvalue weighted by Gasteiger charge is -2.07. The van der Waals surface area contributed by atoms with Crippen LogP contribution >= 0.6 is 11.3 Å². The van der Waals surface area contributed by atoms with Crippen molar-refractivity contribution in [3.8, 4) is 5.88 Å². The van der Waals surface area contributed by atoms with E-state index in [-0.39, 0.29) is 0 Å². The maximum Gasteiger partial charge on any atom is 0.213 e. The molecule has 0 fully saturated rings. The number of thiophene rings is 1. The third-order valence-electron chi connectivity index (χ3n) is 2.51.